The maximum absolute atomic E-state index is 8.54. The van der Waals surface area contributed by atoms with E-state index in [1.807, 2.05) is 13.1 Å². The van der Waals surface area contributed by atoms with Crippen molar-refractivity contribution in [3.8, 4) is 0 Å². The van der Waals surface area contributed by atoms with Gasteiger partial charge in [0.1, 0.15) is 5.69 Å². The standard InChI is InChI=1S/C10H16N4O/c1-7(2)14(3)8-4-5-12-9(6-8)10(11)13-15/h4-7,15H,1-3H3,(H2,11,13). The van der Waals surface area contributed by atoms with Gasteiger partial charge in [0.05, 0.1) is 0 Å². The molecule has 0 saturated heterocycles. The molecular weight excluding hydrogens is 192 g/mol. The van der Waals surface area contributed by atoms with Crippen LogP contribution >= 0.6 is 0 Å². The van der Waals surface area contributed by atoms with Crippen LogP contribution in [0.4, 0.5) is 5.69 Å². The summed E-state index contributed by atoms with van der Waals surface area (Å²) in [6, 6.07) is 4.05. The summed E-state index contributed by atoms with van der Waals surface area (Å²) in [6.07, 6.45) is 1.64. The van der Waals surface area contributed by atoms with E-state index in [1.54, 1.807) is 12.3 Å². The third-order valence-electron chi connectivity index (χ3n) is 2.30. The lowest BCUT2D eigenvalue weighted by atomic mass is 10.2. The zero-order chi connectivity index (χ0) is 11.4. The topological polar surface area (TPSA) is 74.7 Å². The molecule has 1 rings (SSSR count). The van der Waals surface area contributed by atoms with Gasteiger partial charge in [-0.15, -0.1) is 0 Å². The van der Waals surface area contributed by atoms with E-state index in [2.05, 4.69) is 28.9 Å². The Bertz CT molecular complexity index is 362. The fourth-order valence-electron chi connectivity index (χ4n) is 1.13. The lowest BCUT2D eigenvalue weighted by Crippen LogP contribution is -2.26. The van der Waals surface area contributed by atoms with Crippen LogP contribution in [-0.4, -0.2) is 29.1 Å². The molecule has 1 heterocycles. The second kappa shape index (κ2) is 4.63. The van der Waals surface area contributed by atoms with Gasteiger partial charge in [0.25, 0.3) is 0 Å². The Morgan fingerprint density at radius 1 is 1.60 bits per heavy atom. The van der Waals surface area contributed by atoms with Crippen LogP contribution in [0.1, 0.15) is 19.5 Å². The van der Waals surface area contributed by atoms with Crippen molar-refractivity contribution in [1.29, 1.82) is 0 Å². The number of amidine groups is 1. The van der Waals surface area contributed by atoms with Crippen molar-refractivity contribution < 1.29 is 5.21 Å². The van der Waals surface area contributed by atoms with Crippen LogP contribution in [0.3, 0.4) is 0 Å². The molecule has 3 N–H and O–H groups in total. The summed E-state index contributed by atoms with van der Waals surface area (Å²) in [7, 11) is 1.98. The minimum absolute atomic E-state index is 0.0222. The molecule has 0 aromatic carbocycles. The minimum atomic E-state index is 0.0222. The molecule has 0 fully saturated rings. The molecule has 1 aromatic heterocycles. The molecule has 0 bridgehead atoms. The van der Waals surface area contributed by atoms with Gasteiger partial charge >= 0.3 is 0 Å². The summed E-state index contributed by atoms with van der Waals surface area (Å²) in [6.45, 7) is 4.17. The molecule has 0 unspecified atom stereocenters. The van der Waals surface area contributed by atoms with Gasteiger partial charge in [0.2, 0.25) is 0 Å². The molecule has 82 valence electrons. The normalized spacial score (nSPS) is 11.9. The maximum atomic E-state index is 8.54. The first-order chi connectivity index (χ1) is 7.06. The number of oxime groups is 1. The SMILES string of the molecule is CC(C)N(C)c1ccnc(C(N)=NO)c1. The number of nitrogens with zero attached hydrogens (tertiary/aromatic N) is 3. The van der Waals surface area contributed by atoms with Crippen LogP contribution in [0, 0.1) is 0 Å². The minimum Gasteiger partial charge on any atom is -0.409 e. The highest BCUT2D eigenvalue weighted by atomic mass is 16.4. The fraction of sp³-hybridized carbons (Fsp3) is 0.400. The molecule has 0 radical (unpaired) electrons. The summed E-state index contributed by atoms with van der Waals surface area (Å²) in [5.74, 6) is 0.0222. The van der Waals surface area contributed by atoms with Gasteiger partial charge in [0.15, 0.2) is 5.84 Å². The first-order valence-electron chi connectivity index (χ1n) is 4.73. The summed E-state index contributed by atoms with van der Waals surface area (Å²) in [5, 5.41) is 11.5. The molecule has 0 aliphatic carbocycles. The summed E-state index contributed by atoms with van der Waals surface area (Å²) in [4.78, 5) is 6.09. The molecule has 1 aromatic rings. The van der Waals surface area contributed by atoms with Crippen LogP contribution in [0.5, 0.6) is 0 Å². The molecule has 15 heavy (non-hydrogen) atoms. The third-order valence-corrected chi connectivity index (χ3v) is 2.30. The van der Waals surface area contributed by atoms with E-state index in [1.165, 1.54) is 0 Å². The van der Waals surface area contributed by atoms with Gasteiger partial charge in [-0.1, -0.05) is 5.16 Å². The second-order valence-corrected chi connectivity index (χ2v) is 3.59. The maximum Gasteiger partial charge on any atom is 0.188 e. The largest absolute Gasteiger partial charge is 0.409 e. The quantitative estimate of drug-likeness (QED) is 0.336. The molecule has 0 atom stereocenters. The van der Waals surface area contributed by atoms with Gasteiger partial charge in [0, 0.05) is 25.0 Å². The van der Waals surface area contributed by atoms with Gasteiger partial charge in [-0.05, 0) is 26.0 Å². The van der Waals surface area contributed by atoms with Gasteiger partial charge in [-0.25, -0.2) is 0 Å². The number of hydrogen-bond acceptors (Lipinski definition) is 4. The second-order valence-electron chi connectivity index (χ2n) is 3.59. The van der Waals surface area contributed by atoms with Crippen molar-refractivity contribution in [2.75, 3.05) is 11.9 Å². The predicted octanol–water partition coefficient (Wildman–Crippen LogP) is 1.02. The zero-order valence-electron chi connectivity index (χ0n) is 9.18. The van der Waals surface area contributed by atoms with Crippen molar-refractivity contribution in [3.05, 3.63) is 24.0 Å². The molecule has 0 spiro atoms. The molecule has 0 aliphatic heterocycles. The van der Waals surface area contributed by atoms with Crippen LogP contribution in [0.15, 0.2) is 23.5 Å². The molecule has 5 nitrogen and oxygen atoms in total. The Labute approximate surface area is 89.2 Å². The summed E-state index contributed by atoms with van der Waals surface area (Å²) < 4.78 is 0. The zero-order valence-corrected chi connectivity index (χ0v) is 9.18. The van der Waals surface area contributed by atoms with Gasteiger partial charge in [-0.2, -0.15) is 0 Å². The number of pyridine rings is 1. The number of anilines is 1. The lowest BCUT2D eigenvalue weighted by Gasteiger charge is -2.23. The average Bonchev–Trinajstić information content (AvgIpc) is 2.27. The van der Waals surface area contributed by atoms with Crippen LogP contribution in [0.25, 0.3) is 0 Å². The van der Waals surface area contributed by atoms with Crippen molar-refractivity contribution >= 4 is 11.5 Å². The molecule has 0 aliphatic rings. The monoisotopic (exact) mass is 208 g/mol. The van der Waals surface area contributed by atoms with E-state index in [9.17, 15) is 0 Å². The van der Waals surface area contributed by atoms with E-state index >= 15 is 0 Å². The Kier molecular flexibility index (Phi) is 3.49. The van der Waals surface area contributed by atoms with Crippen molar-refractivity contribution in [2.45, 2.75) is 19.9 Å². The average molecular weight is 208 g/mol. The first-order valence-corrected chi connectivity index (χ1v) is 4.73. The highest BCUT2D eigenvalue weighted by Crippen LogP contribution is 2.14. The van der Waals surface area contributed by atoms with Gasteiger partial charge in [-0.3, -0.25) is 4.98 Å². The van der Waals surface area contributed by atoms with Crippen molar-refractivity contribution in [2.24, 2.45) is 10.9 Å². The Balaban J connectivity index is 3.02. The van der Waals surface area contributed by atoms with Crippen molar-refractivity contribution in [3.63, 3.8) is 0 Å². The van der Waals surface area contributed by atoms with E-state index in [4.69, 9.17) is 10.9 Å². The van der Waals surface area contributed by atoms with Crippen LogP contribution in [-0.2, 0) is 0 Å². The third kappa shape index (κ3) is 2.59. The molecular formula is C10H16N4O. The van der Waals surface area contributed by atoms with Crippen LogP contribution in [0.2, 0.25) is 0 Å². The van der Waals surface area contributed by atoms with E-state index in [0.717, 1.165) is 5.69 Å². The van der Waals surface area contributed by atoms with Crippen LogP contribution < -0.4 is 10.6 Å². The number of aromatic nitrogens is 1. The molecule has 5 heteroatoms. The fourth-order valence-corrected chi connectivity index (χ4v) is 1.13. The Hall–Kier alpha value is -1.78. The van der Waals surface area contributed by atoms with Crippen molar-refractivity contribution in [1.82, 2.24) is 4.98 Å². The highest BCUT2D eigenvalue weighted by molar-refractivity contribution is 5.95. The Morgan fingerprint density at radius 2 is 2.27 bits per heavy atom. The number of rotatable bonds is 3. The smallest absolute Gasteiger partial charge is 0.188 e. The Morgan fingerprint density at radius 3 is 2.80 bits per heavy atom. The summed E-state index contributed by atoms with van der Waals surface area (Å²) in [5.41, 5.74) is 6.92. The first kappa shape index (κ1) is 11.3. The number of nitrogens with two attached hydrogens (primary N) is 1. The molecule has 0 amide bonds. The summed E-state index contributed by atoms with van der Waals surface area (Å²) >= 11 is 0. The van der Waals surface area contributed by atoms with E-state index < -0.39 is 0 Å². The van der Waals surface area contributed by atoms with E-state index in [0.29, 0.717) is 11.7 Å². The number of hydrogen-bond donors (Lipinski definition) is 2. The molecule has 0 saturated carbocycles. The predicted molar refractivity (Wildman–Crippen MR) is 60.3 cm³/mol. The van der Waals surface area contributed by atoms with E-state index in [-0.39, 0.29) is 5.84 Å². The lowest BCUT2D eigenvalue weighted by molar-refractivity contribution is 0.318. The van der Waals surface area contributed by atoms with Gasteiger partial charge < -0.3 is 15.8 Å². The highest BCUT2D eigenvalue weighted by Gasteiger charge is 2.07.